The van der Waals surface area contributed by atoms with Gasteiger partial charge in [-0.15, -0.1) is 0 Å². The van der Waals surface area contributed by atoms with Crippen LogP contribution in [-0.2, 0) is 17.7 Å². The fourth-order valence-electron chi connectivity index (χ4n) is 2.73. The van der Waals surface area contributed by atoms with Gasteiger partial charge >= 0.3 is 6.09 Å². The summed E-state index contributed by atoms with van der Waals surface area (Å²) in [5, 5.41) is 2.70. The summed E-state index contributed by atoms with van der Waals surface area (Å²) in [6, 6.07) is 17.4. The lowest BCUT2D eigenvalue weighted by Crippen LogP contribution is -2.23. The molecule has 0 saturated heterocycles. The Bertz CT molecular complexity index is 906. The SMILES string of the molecule is CCOC(=O)NCc1cccc(OCCc2nc(-c3ccccc3)oc2C)c1. The van der Waals surface area contributed by atoms with Crippen LogP contribution in [0.4, 0.5) is 4.79 Å². The second-order valence-corrected chi connectivity index (χ2v) is 6.21. The second-order valence-electron chi connectivity index (χ2n) is 6.21. The first kappa shape index (κ1) is 19.5. The van der Waals surface area contributed by atoms with E-state index in [0.717, 1.165) is 28.3 Å². The van der Waals surface area contributed by atoms with Crippen molar-refractivity contribution in [3.63, 3.8) is 0 Å². The number of aromatic nitrogens is 1. The Morgan fingerprint density at radius 3 is 2.75 bits per heavy atom. The summed E-state index contributed by atoms with van der Waals surface area (Å²) in [7, 11) is 0. The molecule has 3 aromatic rings. The van der Waals surface area contributed by atoms with Crippen molar-refractivity contribution in [2.45, 2.75) is 26.8 Å². The van der Waals surface area contributed by atoms with Gasteiger partial charge in [-0.3, -0.25) is 0 Å². The van der Waals surface area contributed by atoms with Crippen LogP contribution in [0.1, 0.15) is 23.9 Å². The zero-order valence-corrected chi connectivity index (χ0v) is 16.1. The van der Waals surface area contributed by atoms with Crippen molar-refractivity contribution in [1.29, 1.82) is 0 Å². The van der Waals surface area contributed by atoms with Crippen molar-refractivity contribution < 1.29 is 18.7 Å². The lowest BCUT2D eigenvalue weighted by atomic mass is 10.2. The van der Waals surface area contributed by atoms with Crippen LogP contribution in [-0.4, -0.2) is 24.3 Å². The smallest absolute Gasteiger partial charge is 0.407 e. The number of nitrogens with one attached hydrogen (secondary N) is 1. The first-order valence-electron chi connectivity index (χ1n) is 9.30. The average Bonchev–Trinajstić information content (AvgIpc) is 3.08. The predicted octanol–water partition coefficient (Wildman–Crippen LogP) is 4.52. The number of carbonyl (C=O) groups excluding carboxylic acids is 1. The normalized spacial score (nSPS) is 10.5. The van der Waals surface area contributed by atoms with E-state index >= 15 is 0 Å². The maximum Gasteiger partial charge on any atom is 0.407 e. The third-order valence-corrected chi connectivity index (χ3v) is 4.13. The first-order valence-corrected chi connectivity index (χ1v) is 9.30. The molecule has 1 amide bonds. The highest BCUT2D eigenvalue weighted by Gasteiger charge is 2.11. The molecule has 2 aromatic carbocycles. The van der Waals surface area contributed by atoms with E-state index < -0.39 is 6.09 Å². The molecule has 1 aromatic heterocycles. The number of oxazole rings is 1. The quantitative estimate of drug-likeness (QED) is 0.622. The standard InChI is InChI=1S/C22H24N2O4/c1-3-26-22(25)23-15-17-8-7-11-19(14-17)27-13-12-20-16(2)28-21(24-20)18-9-5-4-6-10-18/h4-11,14H,3,12-13,15H2,1-2H3,(H,23,25). The van der Waals surface area contributed by atoms with Crippen LogP contribution >= 0.6 is 0 Å². The molecule has 6 heteroatoms. The van der Waals surface area contributed by atoms with Gasteiger partial charge in [0.2, 0.25) is 5.89 Å². The zero-order valence-electron chi connectivity index (χ0n) is 16.1. The minimum absolute atomic E-state index is 0.350. The van der Waals surface area contributed by atoms with E-state index in [9.17, 15) is 4.79 Å². The van der Waals surface area contributed by atoms with Crippen LogP contribution in [0.25, 0.3) is 11.5 Å². The molecule has 6 nitrogen and oxygen atoms in total. The molecule has 0 bridgehead atoms. The molecule has 1 N–H and O–H groups in total. The number of hydrogen-bond acceptors (Lipinski definition) is 5. The molecule has 1 heterocycles. The molecule has 0 aliphatic carbocycles. The summed E-state index contributed by atoms with van der Waals surface area (Å²) in [5.74, 6) is 2.17. The van der Waals surface area contributed by atoms with Crippen LogP contribution in [0.3, 0.4) is 0 Å². The number of benzene rings is 2. The van der Waals surface area contributed by atoms with Crippen LogP contribution in [0.15, 0.2) is 59.0 Å². The van der Waals surface area contributed by atoms with Gasteiger partial charge in [-0.25, -0.2) is 9.78 Å². The van der Waals surface area contributed by atoms with Crippen molar-refractivity contribution in [1.82, 2.24) is 10.3 Å². The summed E-state index contributed by atoms with van der Waals surface area (Å²) in [6.45, 7) is 4.90. The Hall–Kier alpha value is -3.28. The molecular weight excluding hydrogens is 356 g/mol. The van der Waals surface area contributed by atoms with E-state index in [-0.39, 0.29) is 0 Å². The van der Waals surface area contributed by atoms with Gasteiger partial charge in [0.25, 0.3) is 0 Å². The highest BCUT2D eigenvalue weighted by molar-refractivity contribution is 5.67. The van der Waals surface area contributed by atoms with Crippen molar-refractivity contribution in [2.24, 2.45) is 0 Å². The molecule has 28 heavy (non-hydrogen) atoms. The molecular formula is C22H24N2O4. The summed E-state index contributed by atoms with van der Waals surface area (Å²) < 4.78 is 16.5. The van der Waals surface area contributed by atoms with E-state index in [1.165, 1.54) is 0 Å². The highest BCUT2D eigenvalue weighted by Crippen LogP contribution is 2.22. The third kappa shape index (κ3) is 5.36. The molecule has 0 aliphatic rings. The number of alkyl carbamates (subject to hydrolysis) is 1. The van der Waals surface area contributed by atoms with E-state index in [1.54, 1.807) is 6.92 Å². The topological polar surface area (TPSA) is 73.6 Å². The minimum Gasteiger partial charge on any atom is -0.493 e. The van der Waals surface area contributed by atoms with Gasteiger partial charge in [0.05, 0.1) is 18.9 Å². The van der Waals surface area contributed by atoms with Gasteiger partial charge in [0.1, 0.15) is 11.5 Å². The maximum atomic E-state index is 11.4. The second kappa shape index (κ2) is 9.60. The van der Waals surface area contributed by atoms with Gasteiger partial charge in [-0.2, -0.15) is 0 Å². The number of carbonyl (C=O) groups is 1. The molecule has 0 saturated carbocycles. The molecule has 0 atom stereocenters. The summed E-state index contributed by atoms with van der Waals surface area (Å²) in [4.78, 5) is 16.0. The van der Waals surface area contributed by atoms with Gasteiger partial charge in [0, 0.05) is 18.5 Å². The molecule has 0 fully saturated rings. The lowest BCUT2D eigenvalue weighted by Gasteiger charge is -2.08. The first-order chi connectivity index (χ1) is 13.7. The number of nitrogens with zero attached hydrogens (tertiary/aromatic N) is 1. The lowest BCUT2D eigenvalue weighted by molar-refractivity contribution is 0.151. The molecule has 0 unspecified atom stereocenters. The Morgan fingerprint density at radius 2 is 1.96 bits per heavy atom. The van der Waals surface area contributed by atoms with Gasteiger partial charge in [-0.1, -0.05) is 30.3 Å². The van der Waals surface area contributed by atoms with Gasteiger partial charge in [-0.05, 0) is 43.7 Å². The monoisotopic (exact) mass is 380 g/mol. The molecule has 0 spiro atoms. The van der Waals surface area contributed by atoms with Crippen molar-refractivity contribution in [3.05, 3.63) is 71.6 Å². The molecule has 146 valence electrons. The van der Waals surface area contributed by atoms with E-state index in [2.05, 4.69) is 10.3 Å². The predicted molar refractivity (Wildman–Crippen MR) is 106 cm³/mol. The number of amides is 1. The number of hydrogen-bond donors (Lipinski definition) is 1. The van der Waals surface area contributed by atoms with E-state index in [1.807, 2.05) is 61.5 Å². The van der Waals surface area contributed by atoms with Crippen LogP contribution < -0.4 is 10.1 Å². The van der Waals surface area contributed by atoms with Gasteiger partial charge < -0.3 is 19.2 Å². The van der Waals surface area contributed by atoms with Gasteiger partial charge in [0.15, 0.2) is 0 Å². The van der Waals surface area contributed by atoms with Crippen molar-refractivity contribution in [3.8, 4) is 17.2 Å². The summed E-state index contributed by atoms with van der Waals surface area (Å²) >= 11 is 0. The Morgan fingerprint density at radius 1 is 1.14 bits per heavy atom. The molecule has 0 radical (unpaired) electrons. The van der Waals surface area contributed by atoms with Crippen molar-refractivity contribution in [2.75, 3.05) is 13.2 Å². The van der Waals surface area contributed by atoms with Crippen molar-refractivity contribution >= 4 is 6.09 Å². The van der Waals surface area contributed by atoms with Crippen LogP contribution in [0.2, 0.25) is 0 Å². The van der Waals surface area contributed by atoms with E-state index in [0.29, 0.717) is 32.1 Å². The van der Waals surface area contributed by atoms with Crippen LogP contribution in [0, 0.1) is 6.92 Å². The number of ether oxygens (including phenoxy) is 2. The number of aryl methyl sites for hydroxylation is 1. The minimum atomic E-state index is -0.426. The maximum absolute atomic E-state index is 11.4. The number of rotatable bonds is 8. The third-order valence-electron chi connectivity index (χ3n) is 4.13. The summed E-state index contributed by atoms with van der Waals surface area (Å²) in [5.41, 5.74) is 2.79. The van der Waals surface area contributed by atoms with Crippen LogP contribution in [0.5, 0.6) is 5.75 Å². The Balaban J connectivity index is 1.53. The molecule has 3 rings (SSSR count). The Labute approximate surface area is 164 Å². The fraction of sp³-hybridized carbons (Fsp3) is 0.273. The Kier molecular flexibility index (Phi) is 6.68. The highest BCUT2D eigenvalue weighted by atomic mass is 16.5. The zero-order chi connectivity index (χ0) is 19.8. The average molecular weight is 380 g/mol. The largest absolute Gasteiger partial charge is 0.493 e. The summed E-state index contributed by atoms with van der Waals surface area (Å²) in [6.07, 6.45) is 0.220. The molecule has 0 aliphatic heterocycles. The van der Waals surface area contributed by atoms with E-state index in [4.69, 9.17) is 13.9 Å². The fourth-order valence-corrected chi connectivity index (χ4v) is 2.73.